The third kappa shape index (κ3) is 3.45. The van der Waals surface area contributed by atoms with Gasteiger partial charge in [0.15, 0.2) is 0 Å². The zero-order valence-electron chi connectivity index (χ0n) is 13.4. The molecule has 1 N–H and O–H groups in total. The van der Waals surface area contributed by atoms with Crippen LogP contribution in [0.25, 0.3) is 5.69 Å². The lowest BCUT2D eigenvalue weighted by atomic mass is 10.0. The second-order valence-electron chi connectivity index (χ2n) is 5.88. The number of imidazole rings is 1. The Balaban J connectivity index is 1.67. The number of rotatable bonds is 3. The minimum atomic E-state index is -0.331. The first kappa shape index (κ1) is 16.2. The van der Waals surface area contributed by atoms with E-state index in [4.69, 9.17) is 0 Å². The number of hydrogen-bond donors (Lipinski definition) is 1. The highest BCUT2D eigenvalue weighted by molar-refractivity contribution is 5.93. The van der Waals surface area contributed by atoms with Crippen LogP contribution in [0.3, 0.4) is 0 Å². The van der Waals surface area contributed by atoms with E-state index in [-0.39, 0.29) is 23.7 Å². The number of carbonyl (C=O) groups excluding carboxylic acids is 2. The Morgan fingerprint density at radius 3 is 2.50 bits per heavy atom. The summed E-state index contributed by atoms with van der Waals surface area (Å²) in [5, 5.41) is 2.99. The van der Waals surface area contributed by atoms with Gasteiger partial charge in [0.1, 0.15) is 11.5 Å². The van der Waals surface area contributed by atoms with Crippen molar-refractivity contribution in [2.45, 2.75) is 25.8 Å². The van der Waals surface area contributed by atoms with Gasteiger partial charge < -0.3 is 10.2 Å². The van der Waals surface area contributed by atoms with Crippen molar-refractivity contribution in [1.29, 1.82) is 0 Å². The number of amides is 2. The molecular weight excluding hydrogens is 311 g/mol. The molecule has 2 aromatic rings. The molecule has 3 rings (SSSR count). The van der Waals surface area contributed by atoms with Crippen LogP contribution < -0.4 is 5.32 Å². The van der Waals surface area contributed by atoms with Gasteiger partial charge in [-0.3, -0.25) is 14.2 Å². The molecule has 1 saturated heterocycles. The molecule has 0 aliphatic carbocycles. The molecule has 1 aliphatic rings. The predicted molar refractivity (Wildman–Crippen MR) is 86.3 cm³/mol. The first-order valence-corrected chi connectivity index (χ1v) is 7.89. The number of nitrogens with one attached hydrogen (secondary N) is 1. The fraction of sp³-hybridized carbons (Fsp3) is 0.353. The molecule has 1 fully saturated rings. The average molecular weight is 330 g/mol. The number of piperidine rings is 1. The number of likely N-dealkylation sites (tertiary alicyclic amines) is 1. The third-order valence-corrected chi connectivity index (χ3v) is 4.25. The Morgan fingerprint density at radius 2 is 1.88 bits per heavy atom. The smallest absolute Gasteiger partial charge is 0.270 e. The quantitative estimate of drug-likeness (QED) is 0.932. The molecule has 1 aromatic heterocycles. The number of carbonyl (C=O) groups is 2. The molecule has 7 heteroatoms. The van der Waals surface area contributed by atoms with E-state index in [1.807, 2.05) is 0 Å². The monoisotopic (exact) mass is 330 g/mol. The van der Waals surface area contributed by atoms with Crippen LogP contribution in [-0.4, -0.2) is 45.4 Å². The maximum Gasteiger partial charge on any atom is 0.270 e. The van der Waals surface area contributed by atoms with Crippen molar-refractivity contribution >= 4 is 11.8 Å². The molecular formula is C17H19FN4O2. The highest BCUT2D eigenvalue weighted by atomic mass is 19.1. The summed E-state index contributed by atoms with van der Waals surface area (Å²) in [7, 11) is 0. The number of aromatic nitrogens is 2. The number of benzene rings is 1. The van der Waals surface area contributed by atoms with E-state index in [2.05, 4.69) is 10.3 Å². The van der Waals surface area contributed by atoms with Gasteiger partial charge in [-0.2, -0.15) is 0 Å². The Labute approximate surface area is 139 Å². The normalized spacial score (nSPS) is 15.3. The van der Waals surface area contributed by atoms with E-state index < -0.39 is 0 Å². The second kappa shape index (κ2) is 6.82. The molecule has 1 aliphatic heterocycles. The lowest BCUT2D eigenvalue weighted by molar-refractivity contribution is -0.129. The van der Waals surface area contributed by atoms with Gasteiger partial charge in [-0.25, -0.2) is 9.37 Å². The summed E-state index contributed by atoms with van der Waals surface area (Å²) in [6.45, 7) is 2.86. The molecule has 0 radical (unpaired) electrons. The van der Waals surface area contributed by atoms with Gasteiger partial charge in [0, 0.05) is 31.7 Å². The minimum Gasteiger partial charge on any atom is -0.348 e. The van der Waals surface area contributed by atoms with Crippen molar-refractivity contribution < 1.29 is 14.0 Å². The SMILES string of the molecule is CC(=O)N1CCC(NC(=O)c2cncn2-c2ccc(F)cc2)CC1. The van der Waals surface area contributed by atoms with Crippen molar-refractivity contribution in [1.82, 2.24) is 19.8 Å². The van der Waals surface area contributed by atoms with Crippen LogP contribution in [0.2, 0.25) is 0 Å². The fourth-order valence-electron chi connectivity index (χ4n) is 2.87. The molecule has 126 valence electrons. The Kier molecular flexibility index (Phi) is 4.59. The van der Waals surface area contributed by atoms with Gasteiger partial charge in [0.05, 0.1) is 12.5 Å². The van der Waals surface area contributed by atoms with Crippen LogP contribution in [-0.2, 0) is 4.79 Å². The summed E-state index contributed by atoms with van der Waals surface area (Å²) in [6, 6.07) is 5.91. The van der Waals surface area contributed by atoms with E-state index in [1.54, 1.807) is 28.5 Å². The van der Waals surface area contributed by atoms with Crippen molar-refractivity contribution in [3.63, 3.8) is 0 Å². The van der Waals surface area contributed by atoms with E-state index in [1.165, 1.54) is 24.7 Å². The highest BCUT2D eigenvalue weighted by Gasteiger charge is 2.23. The van der Waals surface area contributed by atoms with Crippen molar-refractivity contribution in [2.24, 2.45) is 0 Å². The van der Waals surface area contributed by atoms with Gasteiger partial charge in [0.2, 0.25) is 5.91 Å². The van der Waals surface area contributed by atoms with Crippen molar-refractivity contribution in [3.05, 3.63) is 48.3 Å². The predicted octanol–water partition coefficient (Wildman–Crippen LogP) is 1.75. The van der Waals surface area contributed by atoms with E-state index in [0.29, 0.717) is 24.5 Å². The van der Waals surface area contributed by atoms with Gasteiger partial charge in [0.25, 0.3) is 5.91 Å². The molecule has 0 unspecified atom stereocenters. The van der Waals surface area contributed by atoms with Crippen molar-refractivity contribution in [3.8, 4) is 5.69 Å². The largest absolute Gasteiger partial charge is 0.348 e. The van der Waals surface area contributed by atoms with Gasteiger partial charge in [-0.05, 0) is 37.1 Å². The molecule has 0 bridgehead atoms. The number of halogens is 1. The maximum absolute atomic E-state index is 13.1. The van der Waals surface area contributed by atoms with Crippen LogP contribution in [0.4, 0.5) is 4.39 Å². The molecule has 0 atom stereocenters. The molecule has 0 saturated carbocycles. The van der Waals surface area contributed by atoms with Crippen LogP contribution in [0, 0.1) is 5.82 Å². The molecule has 1 aromatic carbocycles. The summed E-state index contributed by atoms with van der Waals surface area (Å²) < 4.78 is 14.7. The molecule has 2 heterocycles. The van der Waals surface area contributed by atoms with Gasteiger partial charge in [-0.1, -0.05) is 0 Å². The third-order valence-electron chi connectivity index (χ3n) is 4.25. The lowest BCUT2D eigenvalue weighted by Crippen LogP contribution is -2.46. The lowest BCUT2D eigenvalue weighted by Gasteiger charge is -2.31. The standard InChI is InChI=1S/C17H19FN4O2/c1-12(23)21-8-6-14(7-9-21)20-17(24)16-10-19-11-22(16)15-4-2-13(18)3-5-15/h2-5,10-11,14H,6-9H2,1H3,(H,20,24). The topological polar surface area (TPSA) is 67.2 Å². The highest BCUT2D eigenvalue weighted by Crippen LogP contribution is 2.14. The zero-order chi connectivity index (χ0) is 17.1. The maximum atomic E-state index is 13.1. The van der Waals surface area contributed by atoms with Crippen LogP contribution in [0.15, 0.2) is 36.8 Å². The first-order chi connectivity index (χ1) is 11.5. The molecule has 0 spiro atoms. The molecule has 6 nitrogen and oxygen atoms in total. The zero-order valence-corrected chi connectivity index (χ0v) is 13.4. The van der Waals surface area contributed by atoms with Crippen LogP contribution in [0.1, 0.15) is 30.3 Å². The summed E-state index contributed by atoms with van der Waals surface area (Å²) in [6.07, 6.45) is 4.48. The Morgan fingerprint density at radius 1 is 1.21 bits per heavy atom. The summed E-state index contributed by atoms with van der Waals surface area (Å²) in [5.41, 5.74) is 1.07. The average Bonchev–Trinajstić information content (AvgIpc) is 3.06. The first-order valence-electron chi connectivity index (χ1n) is 7.89. The minimum absolute atomic E-state index is 0.0321. The van der Waals surface area contributed by atoms with E-state index in [0.717, 1.165) is 12.8 Å². The number of nitrogens with zero attached hydrogens (tertiary/aromatic N) is 3. The van der Waals surface area contributed by atoms with Crippen LogP contribution in [0.5, 0.6) is 0 Å². The summed E-state index contributed by atoms with van der Waals surface area (Å²) in [4.78, 5) is 29.7. The molecule has 24 heavy (non-hydrogen) atoms. The van der Waals surface area contributed by atoms with Crippen molar-refractivity contribution in [2.75, 3.05) is 13.1 Å². The number of hydrogen-bond acceptors (Lipinski definition) is 3. The van der Waals surface area contributed by atoms with Gasteiger partial charge in [-0.15, -0.1) is 0 Å². The fourth-order valence-corrected chi connectivity index (χ4v) is 2.87. The molecule has 2 amide bonds. The Bertz CT molecular complexity index is 733. The van der Waals surface area contributed by atoms with E-state index >= 15 is 0 Å². The summed E-state index contributed by atoms with van der Waals surface area (Å²) in [5.74, 6) is -0.491. The van der Waals surface area contributed by atoms with Gasteiger partial charge >= 0.3 is 0 Å². The second-order valence-corrected chi connectivity index (χ2v) is 5.88. The summed E-state index contributed by atoms with van der Waals surface area (Å²) >= 11 is 0. The van der Waals surface area contributed by atoms with Crippen LogP contribution >= 0.6 is 0 Å². The van der Waals surface area contributed by atoms with E-state index in [9.17, 15) is 14.0 Å². The Hall–Kier alpha value is -2.70.